The van der Waals surface area contributed by atoms with Gasteiger partial charge in [0.05, 0.1) is 6.61 Å². The molecule has 17 heavy (non-hydrogen) atoms. The van der Waals surface area contributed by atoms with Crippen LogP contribution in [-0.4, -0.2) is 10.1 Å². The summed E-state index contributed by atoms with van der Waals surface area (Å²) in [6.07, 6.45) is 1.62. The summed E-state index contributed by atoms with van der Waals surface area (Å²) in [5, 5.41) is 8.99. The van der Waals surface area contributed by atoms with Crippen molar-refractivity contribution in [3.05, 3.63) is 53.2 Å². The van der Waals surface area contributed by atoms with Crippen molar-refractivity contribution in [1.29, 1.82) is 0 Å². The number of hydrogen-bond acceptors (Lipinski definition) is 3. The molecule has 0 fully saturated rings. The summed E-state index contributed by atoms with van der Waals surface area (Å²) in [5.41, 5.74) is 2.90. The van der Waals surface area contributed by atoms with Gasteiger partial charge in [-0.05, 0) is 37.6 Å². The number of nitrogens with zero attached hydrogens (tertiary/aromatic N) is 1. The van der Waals surface area contributed by atoms with Gasteiger partial charge in [0.15, 0.2) is 0 Å². The summed E-state index contributed by atoms with van der Waals surface area (Å²) in [7, 11) is 0. The normalized spacial score (nSPS) is 10.3. The second-order valence-corrected chi connectivity index (χ2v) is 4.04. The summed E-state index contributed by atoms with van der Waals surface area (Å²) >= 11 is 0. The predicted octanol–water partition coefficient (Wildman–Crippen LogP) is 2.98. The van der Waals surface area contributed by atoms with Crippen molar-refractivity contribution in [2.75, 3.05) is 0 Å². The SMILES string of the molecule is Cc1ccc(Oc2ncc(CO)cc2C)cc1. The maximum atomic E-state index is 8.99. The fourth-order valence-electron chi connectivity index (χ4n) is 1.53. The number of aromatic nitrogens is 1. The molecule has 0 aliphatic rings. The van der Waals surface area contributed by atoms with Crippen LogP contribution in [0.4, 0.5) is 0 Å². The molecule has 0 saturated heterocycles. The fraction of sp³-hybridized carbons (Fsp3) is 0.214. The summed E-state index contributed by atoms with van der Waals surface area (Å²) in [4.78, 5) is 4.18. The summed E-state index contributed by atoms with van der Waals surface area (Å²) in [5.74, 6) is 1.34. The zero-order valence-electron chi connectivity index (χ0n) is 9.97. The molecule has 0 spiro atoms. The lowest BCUT2D eigenvalue weighted by molar-refractivity contribution is 0.281. The number of aliphatic hydroxyl groups is 1. The maximum Gasteiger partial charge on any atom is 0.222 e. The van der Waals surface area contributed by atoms with E-state index in [1.807, 2.05) is 44.2 Å². The number of pyridine rings is 1. The van der Waals surface area contributed by atoms with Crippen LogP contribution in [0.2, 0.25) is 0 Å². The maximum absolute atomic E-state index is 8.99. The van der Waals surface area contributed by atoms with E-state index in [1.165, 1.54) is 5.56 Å². The Balaban J connectivity index is 2.21. The average molecular weight is 229 g/mol. The van der Waals surface area contributed by atoms with E-state index in [2.05, 4.69) is 4.98 Å². The Morgan fingerprint density at radius 1 is 1.18 bits per heavy atom. The van der Waals surface area contributed by atoms with Gasteiger partial charge < -0.3 is 9.84 Å². The van der Waals surface area contributed by atoms with Gasteiger partial charge in [-0.3, -0.25) is 0 Å². The summed E-state index contributed by atoms with van der Waals surface area (Å²) in [6.45, 7) is 3.94. The quantitative estimate of drug-likeness (QED) is 0.879. The Morgan fingerprint density at radius 3 is 2.47 bits per heavy atom. The van der Waals surface area contributed by atoms with E-state index in [1.54, 1.807) is 6.20 Å². The third kappa shape index (κ3) is 2.82. The Labute approximate surface area is 101 Å². The highest BCUT2D eigenvalue weighted by molar-refractivity contribution is 5.34. The van der Waals surface area contributed by atoms with E-state index in [4.69, 9.17) is 9.84 Å². The molecule has 88 valence electrons. The van der Waals surface area contributed by atoms with Gasteiger partial charge >= 0.3 is 0 Å². The molecule has 1 N–H and O–H groups in total. The van der Waals surface area contributed by atoms with Crippen LogP contribution in [0.3, 0.4) is 0 Å². The number of hydrogen-bond donors (Lipinski definition) is 1. The molecule has 0 radical (unpaired) electrons. The van der Waals surface area contributed by atoms with E-state index in [0.29, 0.717) is 5.88 Å². The minimum absolute atomic E-state index is 0.00134. The Bertz CT molecular complexity index is 506. The molecular formula is C14H15NO2. The van der Waals surface area contributed by atoms with Gasteiger partial charge in [0.2, 0.25) is 5.88 Å². The van der Waals surface area contributed by atoms with Crippen molar-refractivity contribution >= 4 is 0 Å². The van der Waals surface area contributed by atoms with Crippen LogP contribution in [-0.2, 0) is 6.61 Å². The number of rotatable bonds is 3. The lowest BCUT2D eigenvalue weighted by atomic mass is 10.2. The summed E-state index contributed by atoms with van der Waals surface area (Å²) < 4.78 is 5.67. The van der Waals surface area contributed by atoms with Crippen molar-refractivity contribution in [1.82, 2.24) is 4.98 Å². The first-order valence-corrected chi connectivity index (χ1v) is 5.50. The Kier molecular flexibility index (Phi) is 3.40. The number of benzene rings is 1. The predicted molar refractivity (Wildman–Crippen MR) is 66.1 cm³/mol. The standard InChI is InChI=1S/C14H15NO2/c1-10-3-5-13(6-4-10)17-14-11(2)7-12(9-16)8-15-14/h3-8,16H,9H2,1-2H3. The highest BCUT2D eigenvalue weighted by atomic mass is 16.5. The molecule has 3 heteroatoms. The highest BCUT2D eigenvalue weighted by Gasteiger charge is 2.04. The molecule has 2 aromatic rings. The van der Waals surface area contributed by atoms with E-state index < -0.39 is 0 Å². The minimum Gasteiger partial charge on any atom is -0.439 e. The lowest BCUT2D eigenvalue weighted by Gasteiger charge is -2.08. The zero-order valence-corrected chi connectivity index (χ0v) is 9.97. The molecule has 1 heterocycles. The first-order valence-electron chi connectivity index (χ1n) is 5.50. The zero-order chi connectivity index (χ0) is 12.3. The molecule has 1 aromatic carbocycles. The van der Waals surface area contributed by atoms with Gasteiger partial charge in [0.1, 0.15) is 5.75 Å². The smallest absolute Gasteiger partial charge is 0.222 e. The molecule has 0 saturated carbocycles. The molecule has 1 aromatic heterocycles. The van der Waals surface area contributed by atoms with Crippen molar-refractivity contribution in [2.24, 2.45) is 0 Å². The summed E-state index contributed by atoms with van der Waals surface area (Å²) in [6, 6.07) is 9.68. The second kappa shape index (κ2) is 4.97. The first kappa shape index (κ1) is 11.6. The first-order chi connectivity index (χ1) is 8.19. The third-order valence-corrected chi connectivity index (χ3v) is 2.50. The van der Waals surface area contributed by atoms with Crippen molar-refractivity contribution in [3.63, 3.8) is 0 Å². The largest absolute Gasteiger partial charge is 0.439 e. The molecule has 0 amide bonds. The minimum atomic E-state index is -0.00134. The van der Waals surface area contributed by atoms with Crippen molar-refractivity contribution in [3.8, 4) is 11.6 Å². The topological polar surface area (TPSA) is 42.4 Å². The van der Waals surface area contributed by atoms with Crippen LogP contribution in [0.5, 0.6) is 11.6 Å². The number of ether oxygens (including phenoxy) is 1. The molecular weight excluding hydrogens is 214 g/mol. The molecule has 0 aliphatic carbocycles. The highest BCUT2D eigenvalue weighted by Crippen LogP contribution is 2.23. The Morgan fingerprint density at radius 2 is 1.88 bits per heavy atom. The van der Waals surface area contributed by atoms with Crippen LogP contribution in [0.1, 0.15) is 16.7 Å². The van der Waals surface area contributed by atoms with Gasteiger partial charge in [0, 0.05) is 11.8 Å². The number of aryl methyl sites for hydroxylation is 2. The average Bonchev–Trinajstić information content (AvgIpc) is 2.34. The van der Waals surface area contributed by atoms with E-state index in [9.17, 15) is 0 Å². The van der Waals surface area contributed by atoms with Gasteiger partial charge in [-0.1, -0.05) is 17.7 Å². The molecule has 0 unspecified atom stereocenters. The Hall–Kier alpha value is -1.87. The van der Waals surface area contributed by atoms with Gasteiger partial charge in [-0.25, -0.2) is 4.98 Å². The van der Waals surface area contributed by atoms with Crippen LogP contribution >= 0.6 is 0 Å². The van der Waals surface area contributed by atoms with Crippen molar-refractivity contribution < 1.29 is 9.84 Å². The van der Waals surface area contributed by atoms with Gasteiger partial charge in [-0.15, -0.1) is 0 Å². The van der Waals surface area contributed by atoms with Crippen LogP contribution in [0.25, 0.3) is 0 Å². The van der Waals surface area contributed by atoms with E-state index in [-0.39, 0.29) is 6.61 Å². The number of aliphatic hydroxyl groups excluding tert-OH is 1. The molecule has 0 aliphatic heterocycles. The molecule has 2 rings (SSSR count). The molecule has 3 nitrogen and oxygen atoms in total. The van der Waals surface area contributed by atoms with Gasteiger partial charge in [-0.2, -0.15) is 0 Å². The van der Waals surface area contributed by atoms with Crippen LogP contribution in [0.15, 0.2) is 36.5 Å². The molecule has 0 atom stereocenters. The van der Waals surface area contributed by atoms with Gasteiger partial charge in [0.25, 0.3) is 0 Å². The van der Waals surface area contributed by atoms with Crippen molar-refractivity contribution in [2.45, 2.75) is 20.5 Å². The van der Waals surface area contributed by atoms with Crippen LogP contribution < -0.4 is 4.74 Å². The second-order valence-electron chi connectivity index (χ2n) is 4.04. The van der Waals surface area contributed by atoms with E-state index >= 15 is 0 Å². The fourth-order valence-corrected chi connectivity index (χ4v) is 1.53. The van der Waals surface area contributed by atoms with Crippen LogP contribution in [0, 0.1) is 13.8 Å². The molecule has 0 bridgehead atoms. The monoisotopic (exact) mass is 229 g/mol. The lowest BCUT2D eigenvalue weighted by Crippen LogP contribution is -1.94. The third-order valence-electron chi connectivity index (χ3n) is 2.50. The van der Waals surface area contributed by atoms with E-state index in [0.717, 1.165) is 16.9 Å².